The Balaban J connectivity index is 1.68. The van der Waals surface area contributed by atoms with Gasteiger partial charge in [0.1, 0.15) is 17.0 Å². The lowest BCUT2D eigenvalue weighted by atomic mass is 10.1. The van der Waals surface area contributed by atoms with Crippen LogP contribution in [0.5, 0.6) is 0 Å². The third kappa shape index (κ3) is 2.47. The number of nitrogens with zero attached hydrogens (tertiary/aromatic N) is 5. The zero-order chi connectivity index (χ0) is 16.7. The van der Waals surface area contributed by atoms with Gasteiger partial charge in [-0.25, -0.2) is 27.8 Å². The van der Waals surface area contributed by atoms with E-state index in [1.54, 1.807) is 10.7 Å². The molecule has 0 unspecified atom stereocenters. The predicted molar refractivity (Wildman–Crippen MR) is 83.5 cm³/mol. The molecule has 0 aromatic carbocycles. The largest absolute Gasteiger partial charge is 0.336 e. The van der Waals surface area contributed by atoms with Crippen LogP contribution in [-0.2, 0) is 23.0 Å². The molecule has 4 rings (SSSR count). The number of fused-ring (bicyclic) bond motifs is 2. The molecular weight excluding hydrogens is 332 g/mol. The number of pyridine rings is 1. The van der Waals surface area contributed by atoms with Crippen molar-refractivity contribution in [2.24, 2.45) is 0 Å². The molecule has 0 saturated carbocycles. The molecule has 1 N–H and O–H groups in total. The van der Waals surface area contributed by atoms with Gasteiger partial charge in [-0.3, -0.25) is 0 Å². The molecule has 3 aromatic heterocycles. The molecule has 0 amide bonds. The van der Waals surface area contributed by atoms with Gasteiger partial charge in [-0.1, -0.05) is 12.1 Å². The number of rotatable bonds is 4. The van der Waals surface area contributed by atoms with Gasteiger partial charge in [0.05, 0.1) is 23.3 Å². The van der Waals surface area contributed by atoms with Gasteiger partial charge in [0, 0.05) is 6.54 Å². The standard InChI is InChI=1S/C14H16N6O3S/c1-2-11-10-6-9(7-15-14(10)23-18-11)24(21,22)19-12-4-3-5-20-13(12)16-8-17-20/h6-8,12,19H,2-5H2,1H3/t12-/m1/s1. The Morgan fingerprint density at radius 3 is 3.12 bits per heavy atom. The van der Waals surface area contributed by atoms with Crippen LogP contribution in [0, 0.1) is 0 Å². The minimum atomic E-state index is -3.74. The van der Waals surface area contributed by atoms with Crippen LogP contribution >= 0.6 is 0 Å². The number of aromatic nitrogens is 5. The highest BCUT2D eigenvalue weighted by Crippen LogP contribution is 2.26. The Labute approximate surface area is 138 Å². The van der Waals surface area contributed by atoms with Crippen molar-refractivity contribution in [1.82, 2.24) is 29.6 Å². The first-order valence-electron chi connectivity index (χ1n) is 7.73. The molecule has 1 aliphatic heterocycles. The van der Waals surface area contributed by atoms with Crippen molar-refractivity contribution in [3.8, 4) is 0 Å². The highest BCUT2D eigenvalue weighted by atomic mass is 32.2. The Morgan fingerprint density at radius 1 is 1.42 bits per heavy atom. The van der Waals surface area contributed by atoms with Crippen LogP contribution in [-0.4, -0.2) is 33.3 Å². The van der Waals surface area contributed by atoms with Crippen molar-refractivity contribution in [3.63, 3.8) is 0 Å². The van der Waals surface area contributed by atoms with E-state index in [0.717, 1.165) is 13.0 Å². The van der Waals surface area contributed by atoms with Gasteiger partial charge in [-0.15, -0.1) is 0 Å². The maximum atomic E-state index is 12.7. The van der Waals surface area contributed by atoms with Gasteiger partial charge in [0.25, 0.3) is 5.71 Å². The number of aryl methyl sites for hydroxylation is 2. The summed E-state index contributed by atoms with van der Waals surface area (Å²) >= 11 is 0. The molecule has 0 aliphatic carbocycles. The van der Waals surface area contributed by atoms with E-state index in [1.807, 2.05) is 6.92 Å². The van der Waals surface area contributed by atoms with Gasteiger partial charge in [0.2, 0.25) is 10.0 Å². The van der Waals surface area contributed by atoms with Crippen molar-refractivity contribution in [2.45, 2.75) is 43.7 Å². The summed E-state index contributed by atoms with van der Waals surface area (Å²) in [5.41, 5.74) is 1.02. The summed E-state index contributed by atoms with van der Waals surface area (Å²) in [4.78, 5) is 8.32. The van der Waals surface area contributed by atoms with E-state index in [1.165, 1.54) is 12.5 Å². The molecule has 24 heavy (non-hydrogen) atoms. The predicted octanol–water partition coefficient (Wildman–Crippen LogP) is 1.19. The maximum Gasteiger partial charge on any atom is 0.258 e. The number of hydrogen-bond acceptors (Lipinski definition) is 7. The summed E-state index contributed by atoms with van der Waals surface area (Å²) < 4.78 is 35.0. The average molecular weight is 348 g/mol. The number of hydrogen-bond donors (Lipinski definition) is 1. The molecule has 126 valence electrons. The van der Waals surface area contributed by atoms with E-state index in [0.29, 0.717) is 35.5 Å². The normalized spacial score (nSPS) is 18.0. The SMILES string of the molecule is CCc1noc2ncc(S(=O)(=O)N[C@@H]3CCCn4ncnc43)cc12. The van der Waals surface area contributed by atoms with Crippen molar-refractivity contribution >= 4 is 21.1 Å². The summed E-state index contributed by atoms with van der Waals surface area (Å²) in [5.74, 6) is 0.637. The maximum absolute atomic E-state index is 12.7. The van der Waals surface area contributed by atoms with Crippen molar-refractivity contribution in [2.75, 3.05) is 0 Å². The molecule has 4 heterocycles. The Kier molecular flexibility index (Phi) is 3.57. The molecule has 0 bridgehead atoms. The summed E-state index contributed by atoms with van der Waals surface area (Å²) in [6.07, 6.45) is 4.88. The molecule has 9 nitrogen and oxygen atoms in total. The molecule has 1 aliphatic rings. The lowest BCUT2D eigenvalue weighted by Gasteiger charge is -2.22. The van der Waals surface area contributed by atoms with Crippen LogP contribution in [0.3, 0.4) is 0 Å². The summed E-state index contributed by atoms with van der Waals surface area (Å²) in [6.45, 7) is 2.67. The van der Waals surface area contributed by atoms with Crippen LogP contribution < -0.4 is 4.72 Å². The van der Waals surface area contributed by atoms with E-state index in [4.69, 9.17) is 4.52 Å². The van der Waals surface area contributed by atoms with Crippen molar-refractivity contribution < 1.29 is 12.9 Å². The second-order valence-electron chi connectivity index (χ2n) is 5.66. The van der Waals surface area contributed by atoms with Gasteiger partial charge in [-0.2, -0.15) is 5.10 Å². The van der Waals surface area contributed by atoms with Gasteiger partial charge < -0.3 is 4.52 Å². The Hall–Kier alpha value is -2.33. The minimum absolute atomic E-state index is 0.0875. The van der Waals surface area contributed by atoms with Crippen LogP contribution in [0.4, 0.5) is 0 Å². The van der Waals surface area contributed by atoms with Crippen LogP contribution in [0.2, 0.25) is 0 Å². The zero-order valence-corrected chi connectivity index (χ0v) is 13.8. The summed E-state index contributed by atoms with van der Waals surface area (Å²) in [7, 11) is -3.74. The Bertz CT molecular complexity index is 993. The molecule has 3 aromatic rings. The zero-order valence-electron chi connectivity index (χ0n) is 13.0. The first-order chi connectivity index (χ1) is 11.6. The number of nitrogens with one attached hydrogen (secondary N) is 1. The second kappa shape index (κ2) is 5.64. The van der Waals surface area contributed by atoms with E-state index in [-0.39, 0.29) is 4.90 Å². The minimum Gasteiger partial charge on any atom is -0.336 e. The molecule has 0 spiro atoms. The van der Waals surface area contributed by atoms with Crippen molar-refractivity contribution in [1.29, 1.82) is 0 Å². The van der Waals surface area contributed by atoms with Gasteiger partial charge in [-0.05, 0) is 25.3 Å². The fourth-order valence-electron chi connectivity index (χ4n) is 2.92. The quantitative estimate of drug-likeness (QED) is 0.753. The second-order valence-corrected chi connectivity index (χ2v) is 7.38. The highest BCUT2D eigenvalue weighted by Gasteiger charge is 2.28. The molecule has 10 heteroatoms. The van der Waals surface area contributed by atoms with Gasteiger partial charge in [0.15, 0.2) is 0 Å². The first-order valence-corrected chi connectivity index (χ1v) is 9.21. The van der Waals surface area contributed by atoms with E-state index in [9.17, 15) is 8.42 Å². The lowest BCUT2D eigenvalue weighted by Crippen LogP contribution is -2.33. The van der Waals surface area contributed by atoms with E-state index >= 15 is 0 Å². The van der Waals surface area contributed by atoms with E-state index in [2.05, 4.69) is 24.9 Å². The molecular formula is C14H16N6O3S. The molecule has 0 radical (unpaired) electrons. The summed E-state index contributed by atoms with van der Waals surface area (Å²) in [6, 6.07) is 1.16. The van der Waals surface area contributed by atoms with Crippen molar-refractivity contribution in [3.05, 3.63) is 30.1 Å². The molecule has 0 saturated heterocycles. The highest BCUT2D eigenvalue weighted by molar-refractivity contribution is 7.89. The lowest BCUT2D eigenvalue weighted by molar-refractivity contribution is 0.400. The molecule has 1 atom stereocenters. The van der Waals surface area contributed by atoms with Gasteiger partial charge >= 0.3 is 0 Å². The van der Waals surface area contributed by atoms with Crippen LogP contribution in [0.1, 0.15) is 37.3 Å². The first kappa shape index (κ1) is 15.2. The number of sulfonamides is 1. The third-order valence-corrected chi connectivity index (χ3v) is 5.58. The van der Waals surface area contributed by atoms with Crippen LogP contribution in [0.15, 0.2) is 28.0 Å². The monoisotopic (exact) mass is 348 g/mol. The molecule has 0 fully saturated rings. The fourth-order valence-corrected chi connectivity index (χ4v) is 4.12. The third-order valence-electron chi connectivity index (χ3n) is 4.14. The van der Waals surface area contributed by atoms with Crippen LogP contribution in [0.25, 0.3) is 11.1 Å². The average Bonchev–Trinajstić information content (AvgIpc) is 3.21. The summed E-state index contributed by atoms with van der Waals surface area (Å²) in [5, 5.41) is 8.62. The van der Waals surface area contributed by atoms with E-state index < -0.39 is 16.1 Å². The Morgan fingerprint density at radius 2 is 2.29 bits per heavy atom. The topological polar surface area (TPSA) is 116 Å². The fraction of sp³-hybridized carbons (Fsp3) is 0.429. The smallest absolute Gasteiger partial charge is 0.258 e.